The lowest BCUT2D eigenvalue weighted by Crippen LogP contribution is -2.64. The van der Waals surface area contributed by atoms with Gasteiger partial charge in [-0.2, -0.15) is 0 Å². The maximum Gasteiger partial charge on any atom is 0.264 e. The second-order valence-electron chi connectivity index (χ2n) is 28.2. The van der Waals surface area contributed by atoms with Crippen molar-refractivity contribution in [2.75, 3.05) is 14.7 Å². The van der Waals surface area contributed by atoms with Gasteiger partial charge in [0.05, 0.1) is 22.6 Å². The number of hydrogen-bond donors (Lipinski definition) is 0. The van der Waals surface area contributed by atoms with Gasteiger partial charge in [-0.1, -0.05) is 207 Å². The van der Waals surface area contributed by atoms with Crippen LogP contribution in [0.25, 0.3) is 26.8 Å². The molecule has 1 aromatic heterocycles. The first-order valence-electron chi connectivity index (χ1n) is 29.6. The lowest BCUT2D eigenvalue weighted by molar-refractivity contribution is 0.195. The van der Waals surface area contributed by atoms with E-state index >= 15 is 0 Å². The van der Waals surface area contributed by atoms with Crippen molar-refractivity contribution < 1.29 is 0 Å². The van der Waals surface area contributed by atoms with Gasteiger partial charge in [0.2, 0.25) is 0 Å². The van der Waals surface area contributed by atoms with E-state index in [4.69, 9.17) is 0 Å². The third-order valence-corrected chi connectivity index (χ3v) is 20.2. The number of rotatable bonds is 8. The topological polar surface area (TPSA) is 9.72 Å². The summed E-state index contributed by atoms with van der Waals surface area (Å²) in [7, 11) is 0. The molecule has 4 heterocycles. The summed E-state index contributed by atoms with van der Waals surface area (Å²) in [6.07, 6.45) is 13.2. The number of anilines is 8. The molecule has 1 saturated carbocycles. The van der Waals surface area contributed by atoms with Crippen molar-refractivity contribution in [2.45, 2.75) is 162 Å². The minimum absolute atomic E-state index is 0.00846. The fourth-order valence-electron chi connectivity index (χ4n) is 14.1. The number of thiophene rings is 1. The lowest BCUT2D eigenvalue weighted by atomic mass is 9.36. The van der Waals surface area contributed by atoms with Gasteiger partial charge in [0.1, 0.15) is 0 Å². The van der Waals surface area contributed by atoms with Gasteiger partial charge in [0.15, 0.2) is 0 Å². The van der Waals surface area contributed by atoms with Crippen molar-refractivity contribution in [3.63, 3.8) is 0 Å². The zero-order valence-corrected chi connectivity index (χ0v) is 51.3. The number of allylic oxidation sites excluding steroid dienone is 5. The maximum atomic E-state index is 4.11. The van der Waals surface area contributed by atoms with Gasteiger partial charge < -0.3 is 14.7 Å². The predicted molar refractivity (Wildman–Crippen MR) is 352 cm³/mol. The van der Waals surface area contributed by atoms with Crippen LogP contribution in [0.3, 0.4) is 0 Å². The lowest BCUT2D eigenvalue weighted by Gasteiger charge is -2.52. The summed E-state index contributed by atoms with van der Waals surface area (Å²) in [6.45, 7) is 39.5. The molecule has 2 atom stereocenters. The monoisotopic (exact) mass is 1070 g/mol. The smallest absolute Gasteiger partial charge is 0.264 e. The van der Waals surface area contributed by atoms with E-state index in [0.29, 0.717) is 0 Å². The summed E-state index contributed by atoms with van der Waals surface area (Å²) in [6, 6.07) is 55.2. The molecule has 0 radical (unpaired) electrons. The minimum Gasteiger partial charge on any atom is -0.335 e. The molecule has 3 nitrogen and oxygen atoms in total. The molecule has 0 saturated heterocycles. The third kappa shape index (κ3) is 8.49. The Balaban J connectivity index is 1.27. The first-order chi connectivity index (χ1) is 37.9. The molecule has 3 aliphatic heterocycles. The summed E-state index contributed by atoms with van der Waals surface area (Å²) in [5, 5.41) is 1.31. The van der Waals surface area contributed by atoms with Crippen molar-refractivity contribution in [2.24, 2.45) is 0 Å². The molecule has 80 heavy (non-hydrogen) atoms. The van der Waals surface area contributed by atoms with E-state index in [2.05, 4.69) is 283 Å². The number of fused-ring (bicyclic) bond motifs is 9. The molecule has 1 aliphatic carbocycles. The first-order valence-corrected chi connectivity index (χ1v) is 30.4. The number of benzene rings is 7. The van der Waals surface area contributed by atoms with E-state index in [1.807, 2.05) is 17.4 Å². The van der Waals surface area contributed by atoms with Gasteiger partial charge in [-0.3, -0.25) is 0 Å². The fraction of sp³-hybridized carbons (Fsp3) is 0.333. The zero-order valence-electron chi connectivity index (χ0n) is 50.5. The van der Waals surface area contributed by atoms with Crippen LogP contribution in [0.2, 0.25) is 0 Å². The summed E-state index contributed by atoms with van der Waals surface area (Å²) < 4.78 is 2.73. The highest BCUT2D eigenvalue weighted by Gasteiger charge is 2.62. The Bertz CT molecular complexity index is 3770. The van der Waals surface area contributed by atoms with Crippen molar-refractivity contribution in [3.05, 3.63) is 204 Å². The summed E-state index contributed by atoms with van der Waals surface area (Å²) in [5.41, 5.74) is 24.1. The van der Waals surface area contributed by atoms with Crippen LogP contribution < -0.4 is 30.4 Å². The van der Waals surface area contributed by atoms with Crippen molar-refractivity contribution in [1.82, 2.24) is 0 Å². The Labute approximate surface area is 483 Å². The molecular formula is C75H82BN3S. The van der Waals surface area contributed by atoms with Crippen LogP contribution in [0.15, 0.2) is 170 Å². The van der Waals surface area contributed by atoms with E-state index in [1.165, 1.54) is 117 Å². The average Bonchev–Trinajstić information content (AvgIpc) is 3.66. The molecule has 406 valence electrons. The second kappa shape index (κ2) is 18.9. The Morgan fingerprint density at radius 3 is 1.77 bits per heavy atom. The number of nitrogens with zero attached hydrogens (tertiary/aromatic N) is 3. The Morgan fingerprint density at radius 2 is 1.18 bits per heavy atom. The molecule has 1 fully saturated rings. The van der Waals surface area contributed by atoms with Gasteiger partial charge in [-0.25, -0.2) is 0 Å². The van der Waals surface area contributed by atoms with Crippen LogP contribution in [-0.2, 0) is 27.1 Å². The highest BCUT2D eigenvalue weighted by atomic mass is 32.1. The summed E-state index contributed by atoms with van der Waals surface area (Å²) >= 11 is 2.01. The summed E-state index contributed by atoms with van der Waals surface area (Å²) in [4.78, 5) is 8.22. The zero-order chi connectivity index (χ0) is 56.6. The second-order valence-corrected chi connectivity index (χ2v) is 29.3. The molecule has 12 rings (SSSR count). The van der Waals surface area contributed by atoms with Gasteiger partial charge in [-0.05, 0) is 171 Å². The summed E-state index contributed by atoms with van der Waals surface area (Å²) in [5.74, 6) is 0. The first kappa shape index (κ1) is 53.8. The van der Waals surface area contributed by atoms with Crippen LogP contribution in [0, 0.1) is 0 Å². The molecular weight excluding hydrogens is 986 g/mol. The Hall–Kier alpha value is -6.82. The highest BCUT2D eigenvalue weighted by Crippen LogP contribution is 2.63. The average molecular weight is 1070 g/mol. The molecule has 0 amide bonds. The minimum atomic E-state index is -0.199. The van der Waals surface area contributed by atoms with Gasteiger partial charge in [-0.15, -0.1) is 11.3 Å². The van der Waals surface area contributed by atoms with E-state index < -0.39 is 0 Å². The van der Waals surface area contributed by atoms with Crippen LogP contribution in [0.4, 0.5) is 45.5 Å². The van der Waals surface area contributed by atoms with Crippen LogP contribution in [0.5, 0.6) is 0 Å². The largest absolute Gasteiger partial charge is 0.335 e. The molecule has 8 aromatic rings. The molecule has 2 unspecified atom stereocenters. The molecule has 4 aliphatic rings. The van der Waals surface area contributed by atoms with E-state index in [-0.39, 0.29) is 39.3 Å². The fourth-order valence-corrected chi connectivity index (χ4v) is 15.4. The number of hydrogen-bond acceptors (Lipinski definition) is 4. The van der Waals surface area contributed by atoms with E-state index in [1.54, 1.807) is 0 Å². The molecule has 5 heteroatoms. The third-order valence-electron chi connectivity index (χ3n) is 19.0. The van der Waals surface area contributed by atoms with Gasteiger partial charge >= 0.3 is 0 Å². The molecule has 0 bridgehead atoms. The molecule has 0 spiro atoms. The standard InChI is InChI=1S/C75H82BN3S/c1-17-19-25-48(18-2)50-42-60-68-61(43-50)76-66-63(78(67-59-45-54(73(12,13)14)33-39-65(59)80-69(67)76)62-38-32-53(72(9,10)11)44-58(62)49-26-21-20-22-27-49)46-57(47-64(66)79(68)75(16)41-24-23-40-74(60,75)15)77(55-34-28-51(29-35-55)70(3,4)5)56-36-30-52(31-37-56)71(6,7)8/h17-22,25-39,42-47H,1,23-24,40-41H2,2-16H3/b25-19-,48-18+. The Morgan fingerprint density at radius 1 is 0.600 bits per heavy atom. The van der Waals surface area contributed by atoms with Crippen molar-refractivity contribution in [3.8, 4) is 11.1 Å². The highest BCUT2D eigenvalue weighted by molar-refractivity contribution is 7.33. The predicted octanol–water partition coefficient (Wildman–Crippen LogP) is 19.7. The normalized spacial score (nSPS) is 18.8. The van der Waals surface area contributed by atoms with E-state index in [0.717, 1.165) is 29.9 Å². The van der Waals surface area contributed by atoms with Gasteiger partial charge in [0.25, 0.3) is 6.71 Å². The van der Waals surface area contributed by atoms with Gasteiger partial charge in [0, 0.05) is 54.3 Å². The van der Waals surface area contributed by atoms with Crippen LogP contribution in [-0.4, -0.2) is 12.3 Å². The molecule has 0 N–H and O–H groups in total. The maximum absolute atomic E-state index is 4.11. The quantitative estimate of drug-likeness (QED) is 0.111. The van der Waals surface area contributed by atoms with Crippen molar-refractivity contribution >= 4 is 94.9 Å². The van der Waals surface area contributed by atoms with Crippen LogP contribution >= 0.6 is 11.3 Å². The SMILES string of the molecule is C=C/C=C\C(=C/C)c1cc2c3c(c1)C1(C)CCCCC1(C)N3c1cc(N(c3ccc(C(C)(C)C)cc3)c3ccc(C(C)(C)C)cc3)cc3c1B2c1sc2ccc(C(C)(C)C)cc2c1N3c1ccc(C(C)(C)C)cc1-c1ccccc1. The van der Waals surface area contributed by atoms with E-state index in [9.17, 15) is 0 Å². The molecule has 7 aromatic carbocycles. The van der Waals surface area contributed by atoms with Crippen molar-refractivity contribution in [1.29, 1.82) is 0 Å². The van der Waals surface area contributed by atoms with Crippen LogP contribution in [0.1, 0.15) is 163 Å². The Kier molecular flexibility index (Phi) is 12.7.